The molecule has 100 valence electrons. The van der Waals surface area contributed by atoms with Crippen LogP contribution in [-0.4, -0.2) is 6.29 Å². The lowest BCUT2D eigenvalue weighted by Crippen LogP contribution is -2.45. The van der Waals surface area contributed by atoms with Crippen molar-refractivity contribution < 1.29 is 4.79 Å². The van der Waals surface area contributed by atoms with Gasteiger partial charge >= 0.3 is 0 Å². The number of carbonyl (C=O) groups is 1. The first kappa shape index (κ1) is 12.4. The molecule has 3 rings (SSSR count). The molecular formula is C17H26O. The molecule has 4 atom stereocenters. The van der Waals surface area contributed by atoms with Crippen molar-refractivity contribution >= 4 is 6.29 Å². The van der Waals surface area contributed by atoms with E-state index >= 15 is 0 Å². The van der Waals surface area contributed by atoms with Gasteiger partial charge in [0.2, 0.25) is 0 Å². The Morgan fingerprint density at radius 1 is 1.33 bits per heavy atom. The van der Waals surface area contributed by atoms with E-state index in [1.165, 1.54) is 31.1 Å². The average molecular weight is 246 g/mol. The van der Waals surface area contributed by atoms with Gasteiger partial charge in [-0.2, -0.15) is 0 Å². The SMILES string of the molecule is CC1=CCC(C=O)(C2C3CCC(C3)C2(C)C)CC1. The summed E-state index contributed by atoms with van der Waals surface area (Å²) in [4.78, 5) is 11.9. The molecule has 0 N–H and O–H groups in total. The minimum Gasteiger partial charge on any atom is -0.303 e. The van der Waals surface area contributed by atoms with Gasteiger partial charge in [0, 0.05) is 5.41 Å². The van der Waals surface area contributed by atoms with Crippen LogP contribution in [0, 0.1) is 28.6 Å². The van der Waals surface area contributed by atoms with Crippen LogP contribution < -0.4 is 0 Å². The molecule has 0 radical (unpaired) electrons. The summed E-state index contributed by atoms with van der Waals surface area (Å²) in [5.74, 6) is 2.32. The maximum absolute atomic E-state index is 11.9. The standard InChI is InChI=1S/C17H26O/c1-12-6-8-17(11-18,9-7-12)15-13-4-5-14(10-13)16(15,2)3/h6,11,13-15H,4-5,7-10H2,1-3H3. The quantitative estimate of drug-likeness (QED) is 0.522. The van der Waals surface area contributed by atoms with E-state index in [0.717, 1.165) is 31.1 Å². The number of allylic oxidation sites excluding steroid dienone is 2. The topological polar surface area (TPSA) is 17.1 Å². The zero-order chi connectivity index (χ0) is 13.0. The van der Waals surface area contributed by atoms with Gasteiger partial charge in [0.25, 0.3) is 0 Å². The Kier molecular flexibility index (Phi) is 2.73. The Bertz CT molecular complexity index is 392. The van der Waals surface area contributed by atoms with Gasteiger partial charge in [0.05, 0.1) is 0 Å². The van der Waals surface area contributed by atoms with Crippen LogP contribution in [0.4, 0.5) is 0 Å². The number of hydrogen-bond acceptors (Lipinski definition) is 1. The van der Waals surface area contributed by atoms with Crippen LogP contribution in [0.25, 0.3) is 0 Å². The lowest BCUT2D eigenvalue weighted by Gasteiger charge is -2.49. The van der Waals surface area contributed by atoms with Crippen molar-refractivity contribution in [3.05, 3.63) is 11.6 Å². The van der Waals surface area contributed by atoms with Gasteiger partial charge in [-0.25, -0.2) is 0 Å². The summed E-state index contributed by atoms with van der Waals surface area (Å²) in [7, 11) is 0. The highest BCUT2D eigenvalue weighted by Gasteiger charge is 2.59. The molecule has 4 unspecified atom stereocenters. The minimum atomic E-state index is -0.0388. The van der Waals surface area contributed by atoms with E-state index in [2.05, 4.69) is 26.8 Å². The number of fused-ring (bicyclic) bond motifs is 2. The van der Waals surface area contributed by atoms with Gasteiger partial charge in [0.15, 0.2) is 0 Å². The molecular weight excluding hydrogens is 220 g/mol. The van der Waals surface area contributed by atoms with Crippen LogP contribution >= 0.6 is 0 Å². The second kappa shape index (κ2) is 3.95. The van der Waals surface area contributed by atoms with Gasteiger partial charge < -0.3 is 4.79 Å². The van der Waals surface area contributed by atoms with Crippen molar-refractivity contribution in [2.24, 2.45) is 28.6 Å². The van der Waals surface area contributed by atoms with E-state index in [9.17, 15) is 4.79 Å². The van der Waals surface area contributed by atoms with Crippen LogP contribution in [0.1, 0.15) is 59.3 Å². The summed E-state index contributed by atoms with van der Waals surface area (Å²) < 4.78 is 0. The highest BCUT2D eigenvalue weighted by Crippen LogP contribution is 2.66. The molecule has 1 heteroatoms. The van der Waals surface area contributed by atoms with Crippen molar-refractivity contribution in [3.8, 4) is 0 Å². The summed E-state index contributed by atoms with van der Waals surface area (Å²) in [6, 6.07) is 0. The zero-order valence-corrected chi connectivity index (χ0v) is 12.0. The van der Waals surface area contributed by atoms with Crippen molar-refractivity contribution in [3.63, 3.8) is 0 Å². The lowest BCUT2D eigenvalue weighted by atomic mass is 9.54. The third-order valence-electron chi connectivity index (χ3n) is 6.47. The number of aldehydes is 1. The molecule has 3 aliphatic carbocycles. The van der Waals surface area contributed by atoms with Crippen LogP contribution in [0.2, 0.25) is 0 Å². The third-order valence-corrected chi connectivity index (χ3v) is 6.47. The highest BCUT2D eigenvalue weighted by atomic mass is 16.1. The van der Waals surface area contributed by atoms with Crippen LogP contribution in [0.5, 0.6) is 0 Å². The molecule has 0 aromatic carbocycles. The fraction of sp³-hybridized carbons (Fsp3) is 0.824. The monoisotopic (exact) mass is 246 g/mol. The molecule has 2 saturated carbocycles. The molecule has 0 heterocycles. The van der Waals surface area contributed by atoms with Gasteiger partial charge in [-0.3, -0.25) is 0 Å². The molecule has 0 aromatic heterocycles. The smallest absolute Gasteiger partial charge is 0.126 e. The average Bonchev–Trinajstić information content (AvgIpc) is 2.90. The first-order valence-corrected chi connectivity index (χ1v) is 7.61. The molecule has 0 saturated heterocycles. The number of carbonyl (C=O) groups excluding carboxylic acids is 1. The summed E-state index contributed by atoms with van der Waals surface area (Å²) >= 11 is 0. The second-order valence-corrected chi connectivity index (χ2v) is 7.67. The predicted molar refractivity (Wildman–Crippen MR) is 74.2 cm³/mol. The van der Waals surface area contributed by atoms with E-state index < -0.39 is 0 Å². The molecule has 0 aromatic rings. The number of hydrogen-bond donors (Lipinski definition) is 0. The second-order valence-electron chi connectivity index (χ2n) is 7.67. The molecule has 0 amide bonds. The lowest BCUT2D eigenvalue weighted by molar-refractivity contribution is -0.125. The van der Waals surface area contributed by atoms with Gasteiger partial charge in [-0.1, -0.05) is 25.5 Å². The summed E-state index contributed by atoms with van der Waals surface area (Å²) in [5.41, 5.74) is 1.82. The first-order valence-electron chi connectivity index (χ1n) is 7.61. The van der Waals surface area contributed by atoms with Crippen LogP contribution in [0.3, 0.4) is 0 Å². The maximum Gasteiger partial charge on any atom is 0.126 e. The van der Waals surface area contributed by atoms with Gasteiger partial charge in [0.1, 0.15) is 6.29 Å². The molecule has 0 spiro atoms. The van der Waals surface area contributed by atoms with Crippen LogP contribution in [0.15, 0.2) is 11.6 Å². The maximum atomic E-state index is 11.9. The number of rotatable bonds is 2. The largest absolute Gasteiger partial charge is 0.303 e. The Morgan fingerprint density at radius 3 is 2.61 bits per heavy atom. The molecule has 2 fully saturated rings. The molecule has 1 nitrogen and oxygen atoms in total. The Hall–Kier alpha value is -0.590. The molecule has 18 heavy (non-hydrogen) atoms. The van der Waals surface area contributed by atoms with Gasteiger partial charge in [-0.15, -0.1) is 0 Å². The van der Waals surface area contributed by atoms with E-state index in [1.807, 2.05) is 0 Å². The Labute approximate surface area is 111 Å². The van der Waals surface area contributed by atoms with E-state index in [0.29, 0.717) is 11.3 Å². The van der Waals surface area contributed by atoms with Crippen molar-refractivity contribution in [2.75, 3.05) is 0 Å². The van der Waals surface area contributed by atoms with Crippen LogP contribution in [-0.2, 0) is 4.79 Å². The Balaban J connectivity index is 1.95. The van der Waals surface area contributed by atoms with E-state index in [1.54, 1.807) is 0 Å². The summed E-state index contributed by atoms with van der Waals surface area (Å²) in [6.07, 6.45) is 11.0. The summed E-state index contributed by atoms with van der Waals surface area (Å²) in [5, 5.41) is 0. The minimum absolute atomic E-state index is 0.0388. The van der Waals surface area contributed by atoms with E-state index in [4.69, 9.17) is 0 Å². The highest BCUT2D eigenvalue weighted by molar-refractivity contribution is 5.62. The predicted octanol–water partition coefficient (Wildman–Crippen LogP) is 4.37. The van der Waals surface area contributed by atoms with Gasteiger partial charge in [-0.05, 0) is 68.6 Å². The molecule has 3 aliphatic rings. The summed E-state index contributed by atoms with van der Waals surface area (Å²) in [6.45, 7) is 7.07. The third kappa shape index (κ3) is 1.55. The molecule has 0 aliphatic heterocycles. The zero-order valence-electron chi connectivity index (χ0n) is 12.0. The fourth-order valence-electron chi connectivity index (χ4n) is 5.53. The fourth-order valence-corrected chi connectivity index (χ4v) is 5.53. The van der Waals surface area contributed by atoms with E-state index in [-0.39, 0.29) is 5.41 Å². The van der Waals surface area contributed by atoms with Crippen molar-refractivity contribution in [1.29, 1.82) is 0 Å². The van der Waals surface area contributed by atoms with Crippen molar-refractivity contribution in [2.45, 2.75) is 59.3 Å². The first-order chi connectivity index (χ1) is 8.49. The molecule has 2 bridgehead atoms. The van der Waals surface area contributed by atoms with Crippen molar-refractivity contribution in [1.82, 2.24) is 0 Å². The normalized spacial score (nSPS) is 45.9. The Morgan fingerprint density at radius 2 is 2.11 bits per heavy atom.